The first kappa shape index (κ1) is 15.3. The SMILES string of the molecule is CCO[C@H]1C[C@@H](N(C)C(=O)CC2OCCCO2)C12CCC2. The van der Waals surface area contributed by atoms with Crippen LogP contribution in [0.3, 0.4) is 0 Å². The van der Waals surface area contributed by atoms with Gasteiger partial charge < -0.3 is 19.1 Å². The Morgan fingerprint density at radius 1 is 1.29 bits per heavy atom. The quantitative estimate of drug-likeness (QED) is 0.778. The van der Waals surface area contributed by atoms with Crippen molar-refractivity contribution in [3.63, 3.8) is 0 Å². The van der Waals surface area contributed by atoms with Crippen LogP contribution < -0.4 is 0 Å². The monoisotopic (exact) mass is 297 g/mol. The lowest BCUT2D eigenvalue weighted by Gasteiger charge is -2.63. The topological polar surface area (TPSA) is 48.0 Å². The Morgan fingerprint density at radius 2 is 2.00 bits per heavy atom. The molecule has 1 heterocycles. The minimum absolute atomic E-state index is 0.133. The first-order valence-electron chi connectivity index (χ1n) is 8.28. The lowest BCUT2D eigenvalue weighted by atomic mass is 9.50. The highest BCUT2D eigenvalue weighted by Crippen LogP contribution is 2.58. The first-order chi connectivity index (χ1) is 10.2. The van der Waals surface area contributed by atoms with Crippen LogP contribution in [-0.2, 0) is 19.0 Å². The van der Waals surface area contributed by atoms with Gasteiger partial charge in [0.2, 0.25) is 5.91 Å². The van der Waals surface area contributed by atoms with E-state index in [-0.39, 0.29) is 17.6 Å². The number of amides is 1. The first-order valence-corrected chi connectivity index (χ1v) is 8.28. The van der Waals surface area contributed by atoms with E-state index in [4.69, 9.17) is 14.2 Å². The van der Waals surface area contributed by atoms with Crippen molar-refractivity contribution in [1.82, 2.24) is 4.90 Å². The molecule has 2 saturated carbocycles. The van der Waals surface area contributed by atoms with Gasteiger partial charge in [0, 0.05) is 25.1 Å². The van der Waals surface area contributed by atoms with E-state index in [1.807, 2.05) is 18.9 Å². The van der Waals surface area contributed by atoms with Crippen LogP contribution in [0.5, 0.6) is 0 Å². The predicted molar refractivity (Wildman–Crippen MR) is 77.8 cm³/mol. The molecule has 0 bridgehead atoms. The Labute approximate surface area is 126 Å². The van der Waals surface area contributed by atoms with E-state index in [1.165, 1.54) is 19.3 Å². The zero-order chi connectivity index (χ0) is 14.9. The van der Waals surface area contributed by atoms with Gasteiger partial charge in [-0.3, -0.25) is 4.79 Å². The van der Waals surface area contributed by atoms with Crippen LogP contribution in [0, 0.1) is 5.41 Å². The van der Waals surface area contributed by atoms with Crippen LogP contribution in [0.25, 0.3) is 0 Å². The van der Waals surface area contributed by atoms with E-state index in [0.29, 0.717) is 31.8 Å². The highest BCUT2D eigenvalue weighted by Gasteiger charge is 2.60. The minimum atomic E-state index is -0.353. The fraction of sp³-hybridized carbons (Fsp3) is 0.938. The van der Waals surface area contributed by atoms with Crippen molar-refractivity contribution in [3.8, 4) is 0 Å². The van der Waals surface area contributed by atoms with Gasteiger partial charge in [0.1, 0.15) is 0 Å². The normalized spacial score (nSPS) is 31.5. The summed E-state index contributed by atoms with van der Waals surface area (Å²) in [4.78, 5) is 14.4. The maximum Gasteiger partial charge on any atom is 0.227 e. The Kier molecular flexibility index (Phi) is 4.52. The number of hydrogen-bond acceptors (Lipinski definition) is 4. The Bertz CT molecular complexity index is 376. The van der Waals surface area contributed by atoms with Crippen LogP contribution in [0.2, 0.25) is 0 Å². The molecule has 1 amide bonds. The van der Waals surface area contributed by atoms with Gasteiger partial charge in [-0.25, -0.2) is 0 Å². The molecule has 21 heavy (non-hydrogen) atoms. The van der Waals surface area contributed by atoms with Gasteiger partial charge in [0.15, 0.2) is 6.29 Å². The number of rotatable bonds is 5. The summed E-state index contributed by atoms with van der Waals surface area (Å²) in [5.41, 5.74) is 0.231. The maximum absolute atomic E-state index is 12.5. The average Bonchev–Trinajstić information content (AvgIpc) is 2.41. The number of carbonyl (C=O) groups excluding carboxylic acids is 1. The molecule has 1 aliphatic heterocycles. The zero-order valence-electron chi connectivity index (χ0n) is 13.2. The molecule has 3 fully saturated rings. The minimum Gasteiger partial charge on any atom is -0.378 e. The summed E-state index contributed by atoms with van der Waals surface area (Å²) in [6.07, 6.45) is 5.86. The summed E-state index contributed by atoms with van der Waals surface area (Å²) in [5.74, 6) is 0.133. The number of hydrogen-bond donors (Lipinski definition) is 0. The molecule has 0 N–H and O–H groups in total. The van der Waals surface area contributed by atoms with E-state index in [1.54, 1.807) is 0 Å². The van der Waals surface area contributed by atoms with Crippen molar-refractivity contribution in [3.05, 3.63) is 0 Å². The molecule has 3 rings (SSSR count). The lowest BCUT2D eigenvalue weighted by molar-refractivity contribution is -0.210. The molecule has 0 unspecified atom stereocenters. The average molecular weight is 297 g/mol. The van der Waals surface area contributed by atoms with Crippen LogP contribution in [0.4, 0.5) is 0 Å². The second-order valence-corrected chi connectivity index (χ2v) is 6.52. The van der Waals surface area contributed by atoms with Gasteiger partial charge in [-0.1, -0.05) is 6.42 Å². The molecule has 1 spiro atoms. The van der Waals surface area contributed by atoms with Gasteiger partial charge in [0.25, 0.3) is 0 Å². The van der Waals surface area contributed by atoms with Crippen molar-refractivity contribution in [2.24, 2.45) is 5.41 Å². The summed E-state index contributed by atoms with van der Waals surface area (Å²) >= 11 is 0. The molecule has 3 aliphatic rings. The largest absolute Gasteiger partial charge is 0.378 e. The van der Waals surface area contributed by atoms with Gasteiger partial charge in [-0.2, -0.15) is 0 Å². The summed E-state index contributed by atoms with van der Waals surface area (Å²) in [6.45, 7) is 4.20. The standard InChI is InChI=1S/C16H27NO4/c1-3-19-13-10-12(16(13)6-4-7-16)17(2)14(18)11-15-20-8-5-9-21-15/h12-13,15H,3-11H2,1-2H3/t12-,13+/m1/s1. The molecule has 5 heteroatoms. The predicted octanol–water partition coefficient (Wildman–Crippen LogP) is 1.95. The molecule has 0 aromatic heterocycles. The third-order valence-electron chi connectivity index (χ3n) is 5.49. The van der Waals surface area contributed by atoms with Gasteiger partial charge in [-0.05, 0) is 32.6 Å². The second kappa shape index (κ2) is 6.23. The van der Waals surface area contributed by atoms with Crippen LogP contribution in [0.15, 0.2) is 0 Å². The zero-order valence-corrected chi connectivity index (χ0v) is 13.2. The fourth-order valence-electron chi connectivity index (χ4n) is 4.06. The summed E-state index contributed by atoms with van der Waals surface area (Å²) in [5, 5.41) is 0. The summed E-state index contributed by atoms with van der Waals surface area (Å²) < 4.78 is 16.8. The smallest absolute Gasteiger partial charge is 0.227 e. The van der Waals surface area contributed by atoms with Gasteiger partial charge >= 0.3 is 0 Å². The number of ether oxygens (including phenoxy) is 3. The maximum atomic E-state index is 12.5. The fourth-order valence-corrected chi connectivity index (χ4v) is 4.06. The van der Waals surface area contributed by atoms with Crippen molar-refractivity contribution < 1.29 is 19.0 Å². The molecule has 2 atom stereocenters. The molecule has 2 aliphatic carbocycles. The summed E-state index contributed by atoms with van der Waals surface area (Å²) in [7, 11) is 1.93. The molecule has 0 aromatic rings. The van der Waals surface area contributed by atoms with Crippen molar-refractivity contribution in [2.45, 2.75) is 63.9 Å². The number of carbonyl (C=O) groups is 1. The van der Waals surface area contributed by atoms with Gasteiger partial charge in [0.05, 0.1) is 25.7 Å². The van der Waals surface area contributed by atoms with E-state index >= 15 is 0 Å². The molecular formula is C16H27NO4. The van der Waals surface area contributed by atoms with Gasteiger partial charge in [-0.15, -0.1) is 0 Å². The van der Waals surface area contributed by atoms with E-state index in [9.17, 15) is 4.79 Å². The van der Waals surface area contributed by atoms with E-state index in [2.05, 4.69) is 0 Å². The second-order valence-electron chi connectivity index (χ2n) is 6.52. The van der Waals surface area contributed by atoms with Crippen molar-refractivity contribution in [1.29, 1.82) is 0 Å². The molecule has 0 aromatic carbocycles. The summed E-state index contributed by atoms with van der Waals surface area (Å²) in [6, 6.07) is 0.332. The van der Waals surface area contributed by atoms with Crippen LogP contribution >= 0.6 is 0 Å². The highest BCUT2D eigenvalue weighted by molar-refractivity contribution is 5.77. The Balaban J connectivity index is 1.55. The lowest BCUT2D eigenvalue weighted by Crippen LogP contribution is -2.67. The van der Waals surface area contributed by atoms with Crippen molar-refractivity contribution in [2.75, 3.05) is 26.9 Å². The number of nitrogens with zero attached hydrogens (tertiary/aromatic N) is 1. The highest BCUT2D eigenvalue weighted by atomic mass is 16.7. The van der Waals surface area contributed by atoms with Crippen molar-refractivity contribution >= 4 is 5.91 Å². The van der Waals surface area contributed by atoms with Crippen LogP contribution in [0.1, 0.15) is 45.4 Å². The molecule has 120 valence electrons. The van der Waals surface area contributed by atoms with Crippen LogP contribution in [-0.4, -0.2) is 56.1 Å². The third-order valence-corrected chi connectivity index (χ3v) is 5.49. The third kappa shape index (κ3) is 2.71. The molecule has 1 saturated heterocycles. The molecule has 0 radical (unpaired) electrons. The Morgan fingerprint density at radius 3 is 2.57 bits per heavy atom. The van der Waals surface area contributed by atoms with E-state index < -0.39 is 0 Å². The Hall–Kier alpha value is -0.650. The molecular weight excluding hydrogens is 270 g/mol. The molecule has 5 nitrogen and oxygen atoms in total. The van der Waals surface area contributed by atoms with E-state index in [0.717, 1.165) is 19.4 Å².